The number of sulfonamides is 1. The molecule has 1 unspecified atom stereocenters. The zero-order chi connectivity index (χ0) is 36.4. The van der Waals surface area contributed by atoms with Gasteiger partial charge in [-0.2, -0.15) is 0 Å². The van der Waals surface area contributed by atoms with Crippen LogP contribution < -0.4 is 10.5 Å². The fraction of sp³-hybridized carbons (Fsp3) is 0.500. The Kier molecular flexibility index (Phi) is 15.6. The minimum absolute atomic E-state index is 0.0395. The Balaban J connectivity index is 1.99. The molecule has 0 aliphatic heterocycles. The SMILES string of the molecule is CCCC(CCC)S(=O)(=O)CC(CNS(=O)(=O)c1ccc(Cl)s1)C(=O)N(Cc1cccc(CC)c1)C[C@@H](O)[C@@H](N)Cc1cc(F)cc(F)c1. The molecule has 0 bridgehead atoms. The second kappa shape index (κ2) is 18.7. The van der Waals surface area contributed by atoms with Crippen LogP contribution in [0.5, 0.6) is 0 Å². The van der Waals surface area contributed by atoms with Crippen molar-refractivity contribution in [1.29, 1.82) is 0 Å². The number of carbonyl (C=O) groups is 1. The number of hydrogen-bond donors (Lipinski definition) is 3. The van der Waals surface area contributed by atoms with Gasteiger partial charge in [-0.05, 0) is 66.6 Å². The summed E-state index contributed by atoms with van der Waals surface area (Å²) in [6.07, 6.45) is 1.20. The smallest absolute Gasteiger partial charge is 0.250 e. The molecule has 1 amide bonds. The van der Waals surface area contributed by atoms with Crippen LogP contribution in [0.15, 0.2) is 58.8 Å². The van der Waals surface area contributed by atoms with E-state index in [9.17, 15) is 35.5 Å². The maximum absolute atomic E-state index is 14.4. The fourth-order valence-corrected chi connectivity index (χ4v) is 10.6. The number of rotatable bonds is 20. The molecule has 49 heavy (non-hydrogen) atoms. The van der Waals surface area contributed by atoms with Gasteiger partial charge >= 0.3 is 0 Å². The minimum atomic E-state index is -4.15. The average molecular weight is 762 g/mol. The van der Waals surface area contributed by atoms with Crippen molar-refractivity contribution < 1.29 is 35.5 Å². The number of hydrogen-bond acceptors (Lipinski definition) is 8. The number of aryl methyl sites for hydroxylation is 1. The fourth-order valence-electron chi connectivity index (χ4n) is 5.66. The van der Waals surface area contributed by atoms with Gasteiger partial charge in [-0.3, -0.25) is 4.79 Å². The maximum Gasteiger partial charge on any atom is 0.250 e. The lowest BCUT2D eigenvalue weighted by Crippen LogP contribution is -2.50. The molecule has 3 rings (SSSR count). The van der Waals surface area contributed by atoms with Crippen LogP contribution in [0.1, 0.15) is 63.1 Å². The minimum Gasteiger partial charge on any atom is -0.390 e. The van der Waals surface area contributed by atoms with Crippen molar-refractivity contribution in [2.24, 2.45) is 11.7 Å². The van der Waals surface area contributed by atoms with Crippen LogP contribution in [0.2, 0.25) is 4.34 Å². The monoisotopic (exact) mass is 761 g/mol. The molecule has 0 saturated heterocycles. The summed E-state index contributed by atoms with van der Waals surface area (Å²) in [6.45, 7) is 4.79. The largest absolute Gasteiger partial charge is 0.390 e. The Morgan fingerprint density at radius 2 is 1.59 bits per heavy atom. The van der Waals surface area contributed by atoms with E-state index in [0.29, 0.717) is 37.7 Å². The van der Waals surface area contributed by atoms with Crippen molar-refractivity contribution in [3.05, 3.63) is 87.3 Å². The van der Waals surface area contributed by atoms with Crippen LogP contribution in [0, 0.1) is 17.6 Å². The Morgan fingerprint density at radius 3 is 2.16 bits per heavy atom. The third-order valence-electron chi connectivity index (χ3n) is 8.23. The van der Waals surface area contributed by atoms with Crippen molar-refractivity contribution in [2.45, 2.75) is 87.4 Å². The predicted molar refractivity (Wildman–Crippen MR) is 191 cm³/mol. The highest BCUT2D eigenvalue weighted by atomic mass is 35.5. The molecule has 1 heterocycles. The quantitative estimate of drug-likeness (QED) is 0.138. The molecule has 0 spiro atoms. The van der Waals surface area contributed by atoms with E-state index in [-0.39, 0.29) is 33.6 Å². The highest BCUT2D eigenvalue weighted by Crippen LogP contribution is 2.26. The lowest BCUT2D eigenvalue weighted by atomic mass is 10.0. The van der Waals surface area contributed by atoms with Gasteiger partial charge in [0.25, 0.3) is 0 Å². The molecule has 1 aromatic heterocycles. The molecule has 2 aromatic carbocycles. The van der Waals surface area contributed by atoms with E-state index in [1.54, 1.807) is 6.07 Å². The van der Waals surface area contributed by atoms with Crippen LogP contribution in [0.3, 0.4) is 0 Å². The van der Waals surface area contributed by atoms with Crippen LogP contribution in [-0.4, -0.2) is 69.0 Å². The topological polar surface area (TPSA) is 147 Å². The van der Waals surface area contributed by atoms with E-state index >= 15 is 0 Å². The first-order chi connectivity index (χ1) is 23.1. The molecular formula is C34H46ClF2N3O6S3. The van der Waals surface area contributed by atoms with E-state index in [4.69, 9.17) is 17.3 Å². The van der Waals surface area contributed by atoms with Crippen LogP contribution in [0.25, 0.3) is 0 Å². The number of nitrogens with zero attached hydrogens (tertiary/aromatic N) is 1. The first-order valence-corrected chi connectivity index (χ1v) is 20.7. The first kappa shape index (κ1) is 41.0. The maximum atomic E-state index is 14.4. The van der Waals surface area contributed by atoms with Gasteiger partial charge < -0.3 is 15.7 Å². The van der Waals surface area contributed by atoms with Gasteiger partial charge in [0.05, 0.1) is 27.4 Å². The molecule has 272 valence electrons. The summed E-state index contributed by atoms with van der Waals surface area (Å²) in [5.74, 6) is -4.29. The lowest BCUT2D eigenvalue weighted by Gasteiger charge is -2.32. The zero-order valence-corrected chi connectivity index (χ0v) is 31.2. The highest BCUT2D eigenvalue weighted by molar-refractivity contribution is 7.92. The van der Waals surface area contributed by atoms with Crippen LogP contribution >= 0.6 is 22.9 Å². The van der Waals surface area contributed by atoms with E-state index in [2.05, 4.69) is 4.72 Å². The van der Waals surface area contributed by atoms with E-state index in [1.165, 1.54) is 17.0 Å². The Morgan fingerprint density at radius 1 is 0.959 bits per heavy atom. The van der Waals surface area contributed by atoms with Crippen molar-refractivity contribution in [3.8, 4) is 0 Å². The number of halogens is 3. The average Bonchev–Trinajstić information content (AvgIpc) is 3.49. The third kappa shape index (κ3) is 12.4. The number of benzene rings is 2. The van der Waals surface area contributed by atoms with Gasteiger partial charge in [-0.1, -0.05) is 69.5 Å². The van der Waals surface area contributed by atoms with Crippen LogP contribution in [0.4, 0.5) is 8.78 Å². The second-order valence-electron chi connectivity index (χ2n) is 12.2. The molecule has 9 nitrogen and oxygen atoms in total. The molecule has 0 aliphatic carbocycles. The molecule has 15 heteroatoms. The summed E-state index contributed by atoms with van der Waals surface area (Å²) in [6, 6.07) is 12.0. The normalized spacial score (nSPS) is 14.1. The summed E-state index contributed by atoms with van der Waals surface area (Å²) >= 11 is 6.78. The molecule has 3 aromatic rings. The lowest BCUT2D eigenvalue weighted by molar-refractivity contribution is -0.137. The Labute approximate surface area is 297 Å². The van der Waals surface area contributed by atoms with Gasteiger partial charge in [0.1, 0.15) is 15.8 Å². The Hall–Kier alpha value is -2.46. The number of amides is 1. The number of aliphatic hydroxyl groups excluding tert-OH is 1. The molecule has 4 N–H and O–H groups in total. The third-order valence-corrected chi connectivity index (χ3v) is 13.7. The second-order valence-corrected chi connectivity index (χ2v) is 18.3. The van der Waals surface area contributed by atoms with Crippen molar-refractivity contribution in [3.63, 3.8) is 0 Å². The van der Waals surface area contributed by atoms with E-state index in [1.807, 2.05) is 39.0 Å². The number of thiophene rings is 1. The summed E-state index contributed by atoms with van der Waals surface area (Å²) < 4.78 is 84.1. The number of aliphatic hydroxyl groups is 1. The number of carbonyl (C=O) groups excluding carboxylic acids is 1. The molecule has 3 atom stereocenters. The zero-order valence-electron chi connectivity index (χ0n) is 27.9. The van der Waals surface area contributed by atoms with Crippen molar-refractivity contribution in [2.75, 3.05) is 18.8 Å². The molecule has 0 radical (unpaired) electrons. The molecular weight excluding hydrogens is 716 g/mol. The standard InChI is InChI=1S/C34H46ClF2N3O6S3/c1-4-8-29(9-5-2)48(43,44)22-26(19-39-49(45,46)33-13-12-32(35)47-33)34(42)40(20-24-11-7-10-23(6-3)14-24)21-31(41)30(38)17-25-15-27(36)18-28(37)16-25/h7,10-16,18,26,29-31,39,41H,4-6,8-9,17,19-22,38H2,1-3H3/t26?,30-,31+/m0/s1. The number of nitrogens with one attached hydrogen (secondary N) is 1. The molecule has 0 aliphatic rings. The van der Waals surface area contributed by atoms with Crippen molar-refractivity contribution >= 4 is 48.7 Å². The van der Waals surface area contributed by atoms with Crippen LogP contribution in [-0.2, 0) is 44.0 Å². The van der Waals surface area contributed by atoms with Crippen molar-refractivity contribution in [1.82, 2.24) is 9.62 Å². The predicted octanol–water partition coefficient (Wildman–Crippen LogP) is 5.48. The number of nitrogens with two attached hydrogens (primary N) is 1. The van der Waals surface area contributed by atoms with E-state index < -0.39 is 73.0 Å². The van der Waals surface area contributed by atoms with Gasteiger partial charge in [-0.15, -0.1) is 11.3 Å². The van der Waals surface area contributed by atoms with Gasteiger partial charge in [0.15, 0.2) is 9.84 Å². The van der Waals surface area contributed by atoms with Gasteiger partial charge in [-0.25, -0.2) is 30.3 Å². The van der Waals surface area contributed by atoms with E-state index in [0.717, 1.165) is 35.1 Å². The Bertz CT molecular complexity index is 1730. The first-order valence-electron chi connectivity index (χ1n) is 16.3. The highest BCUT2D eigenvalue weighted by Gasteiger charge is 2.35. The van der Waals surface area contributed by atoms with Gasteiger partial charge in [0.2, 0.25) is 15.9 Å². The summed E-state index contributed by atoms with van der Waals surface area (Å²) in [4.78, 5) is 15.7. The molecule has 0 fully saturated rings. The van der Waals surface area contributed by atoms with Gasteiger partial charge in [0, 0.05) is 31.7 Å². The summed E-state index contributed by atoms with van der Waals surface area (Å²) in [5.41, 5.74) is 8.17. The molecule has 0 saturated carbocycles. The summed E-state index contributed by atoms with van der Waals surface area (Å²) in [5, 5.41) is 10.5. The summed E-state index contributed by atoms with van der Waals surface area (Å²) in [7, 11) is -8.04. The number of sulfone groups is 1.